The lowest BCUT2D eigenvalue weighted by atomic mass is 9.87. The molecule has 1 heterocycles. The van der Waals surface area contributed by atoms with E-state index in [1.165, 1.54) is 23.3 Å². The molecule has 3 aliphatic rings. The Hall–Kier alpha value is -1.16. The van der Waals surface area contributed by atoms with Gasteiger partial charge in [-0.1, -0.05) is 11.8 Å². The number of ketones is 1. The van der Waals surface area contributed by atoms with Crippen molar-refractivity contribution in [3.8, 4) is 11.8 Å². The van der Waals surface area contributed by atoms with Crippen LogP contribution in [0.2, 0.25) is 0 Å². The molecule has 0 aromatic rings. The maximum absolute atomic E-state index is 11.8. The molecule has 2 aliphatic carbocycles. The highest BCUT2D eigenvalue weighted by Crippen LogP contribution is 2.47. The first-order valence-electron chi connectivity index (χ1n) is 6.88. The minimum Gasteiger partial charge on any atom is -0.294 e. The molecule has 3 rings (SSSR count). The number of carbonyl (C=O) groups excluding carboxylic acids is 1. The molecule has 2 atom stereocenters. The average Bonchev–Trinajstić information content (AvgIpc) is 2.86. The second kappa shape index (κ2) is 4.75. The van der Waals surface area contributed by atoms with Crippen molar-refractivity contribution in [1.82, 2.24) is 0 Å². The standard InChI is InChI=1S/C17H18OS/c1-17(2)8-6-15-12(4-3-5-14(18)11-17)10-13-7-9-19-16(13)15/h4-5,13,16H,7,9-11H2,1-2H3. The van der Waals surface area contributed by atoms with Crippen LogP contribution in [0.1, 0.15) is 33.1 Å². The Bertz CT molecular complexity index is 576. The van der Waals surface area contributed by atoms with Crippen LogP contribution < -0.4 is 0 Å². The van der Waals surface area contributed by atoms with E-state index in [0.29, 0.717) is 11.7 Å². The van der Waals surface area contributed by atoms with Crippen LogP contribution in [0.5, 0.6) is 0 Å². The van der Waals surface area contributed by atoms with Gasteiger partial charge < -0.3 is 0 Å². The third-order valence-electron chi connectivity index (χ3n) is 3.98. The van der Waals surface area contributed by atoms with Crippen molar-refractivity contribution in [2.75, 3.05) is 5.75 Å². The van der Waals surface area contributed by atoms with E-state index < -0.39 is 0 Å². The third kappa shape index (κ3) is 2.59. The molecule has 0 bridgehead atoms. The summed E-state index contributed by atoms with van der Waals surface area (Å²) in [6.45, 7) is 4.09. The second-order valence-corrected chi connectivity index (χ2v) is 7.46. The average molecular weight is 270 g/mol. The topological polar surface area (TPSA) is 17.1 Å². The number of carbonyl (C=O) groups is 1. The van der Waals surface area contributed by atoms with E-state index in [-0.39, 0.29) is 11.2 Å². The van der Waals surface area contributed by atoms with Gasteiger partial charge in [0.05, 0.1) is 0 Å². The maximum atomic E-state index is 11.8. The van der Waals surface area contributed by atoms with Crippen molar-refractivity contribution in [1.29, 1.82) is 0 Å². The van der Waals surface area contributed by atoms with Gasteiger partial charge in [-0.3, -0.25) is 4.79 Å². The molecule has 1 fully saturated rings. The van der Waals surface area contributed by atoms with E-state index >= 15 is 0 Å². The van der Waals surface area contributed by atoms with Crippen LogP contribution >= 0.6 is 11.8 Å². The van der Waals surface area contributed by atoms with E-state index in [0.717, 1.165) is 12.3 Å². The maximum Gasteiger partial charge on any atom is 0.164 e. The molecular formula is C17H18OS. The van der Waals surface area contributed by atoms with Crippen molar-refractivity contribution in [2.45, 2.75) is 38.4 Å². The second-order valence-electron chi connectivity index (χ2n) is 6.22. The van der Waals surface area contributed by atoms with Gasteiger partial charge in [-0.15, -0.1) is 5.73 Å². The van der Waals surface area contributed by atoms with Crippen molar-refractivity contribution >= 4 is 17.5 Å². The first-order valence-corrected chi connectivity index (χ1v) is 7.93. The molecule has 0 radical (unpaired) electrons. The molecule has 1 aliphatic heterocycles. The number of hydrogen-bond donors (Lipinski definition) is 0. The number of allylic oxidation sites excluding steroid dienone is 2. The normalized spacial score (nSPS) is 31.8. The van der Waals surface area contributed by atoms with Crippen molar-refractivity contribution < 1.29 is 4.79 Å². The van der Waals surface area contributed by atoms with Gasteiger partial charge in [0.25, 0.3) is 0 Å². The number of fused-ring (bicyclic) bond motifs is 2. The predicted octanol–water partition coefficient (Wildman–Crippen LogP) is 3.52. The lowest BCUT2D eigenvalue weighted by Gasteiger charge is -2.16. The van der Waals surface area contributed by atoms with Crippen LogP contribution in [0, 0.1) is 23.2 Å². The zero-order chi connectivity index (χ0) is 13.5. The molecule has 0 aromatic heterocycles. The molecule has 1 saturated heterocycles. The molecule has 0 spiro atoms. The summed E-state index contributed by atoms with van der Waals surface area (Å²) >= 11 is 2.04. The van der Waals surface area contributed by atoms with Crippen molar-refractivity contribution in [3.63, 3.8) is 0 Å². The fourth-order valence-corrected chi connectivity index (χ4v) is 4.60. The van der Waals surface area contributed by atoms with Gasteiger partial charge in [-0.05, 0) is 50.0 Å². The van der Waals surface area contributed by atoms with E-state index in [2.05, 4.69) is 17.6 Å². The summed E-state index contributed by atoms with van der Waals surface area (Å²) in [5.41, 5.74) is 5.43. The zero-order valence-electron chi connectivity index (χ0n) is 11.5. The minimum atomic E-state index is -0.244. The molecule has 0 N–H and O–H groups in total. The zero-order valence-corrected chi connectivity index (χ0v) is 12.3. The Morgan fingerprint density at radius 2 is 2.21 bits per heavy atom. The fraction of sp³-hybridized carbons (Fsp3) is 0.529. The summed E-state index contributed by atoms with van der Waals surface area (Å²) in [6, 6.07) is 0. The Morgan fingerprint density at radius 3 is 3.05 bits per heavy atom. The van der Waals surface area contributed by atoms with Crippen molar-refractivity contribution in [2.24, 2.45) is 11.3 Å². The highest BCUT2D eigenvalue weighted by molar-refractivity contribution is 8.00. The van der Waals surface area contributed by atoms with Gasteiger partial charge in [0.15, 0.2) is 5.78 Å². The Kier molecular flexibility index (Phi) is 3.21. The lowest BCUT2D eigenvalue weighted by Crippen LogP contribution is -2.14. The van der Waals surface area contributed by atoms with E-state index in [4.69, 9.17) is 0 Å². The molecule has 0 saturated carbocycles. The molecule has 1 nitrogen and oxygen atoms in total. The summed E-state index contributed by atoms with van der Waals surface area (Å²) in [4.78, 5) is 11.8. The molecule has 98 valence electrons. The van der Waals surface area contributed by atoms with Crippen LogP contribution in [0.25, 0.3) is 0 Å². The van der Waals surface area contributed by atoms with E-state index in [1.807, 2.05) is 31.7 Å². The summed E-state index contributed by atoms with van der Waals surface area (Å²) in [6.07, 6.45) is 6.45. The monoisotopic (exact) mass is 270 g/mol. The predicted molar refractivity (Wildman–Crippen MR) is 79.8 cm³/mol. The number of thioether (sulfide) groups is 1. The van der Waals surface area contributed by atoms with Gasteiger partial charge in [-0.25, -0.2) is 0 Å². The van der Waals surface area contributed by atoms with Gasteiger partial charge in [0.2, 0.25) is 0 Å². The van der Waals surface area contributed by atoms with Gasteiger partial charge in [0, 0.05) is 28.7 Å². The minimum absolute atomic E-state index is 0.118. The Morgan fingerprint density at radius 1 is 1.37 bits per heavy atom. The fourth-order valence-electron chi connectivity index (χ4n) is 3.03. The van der Waals surface area contributed by atoms with Crippen molar-refractivity contribution in [3.05, 3.63) is 29.0 Å². The largest absolute Gasteiger partial charge is 0.294 e. The van der Waals surface area contributed by atoms with Crippen LogP contribution in [-0.2, 0) is 4.79 Å². The van der Waals surface area contributed by atoms with Crippen LogP contribution in [0.15, 0.2) is 29.0 Å². The number of rotatable bonds is 0. The molecule has 0 aromatic carbocycles. The van der Waals surface area contributed by atoms with Crippen LogP contribution in [0.3, 0.4) is 0 Å². The highest BCUT2D eigenvalue weighted by Gasteiger charge is 2.37. The summed E-state index contributed by atoms with van der Waals surface area (Å²) in [7, 11) is 0. The quantitative estimate of drug-likeness (QED) is 0.495. The molecular weight excluding hydrogens is 252 g/mol. The summed E-state index contributed by atoms with van der Waals surface area (Å²) < 4.78 is 0. The first-order chi connectivity index (χ1) is 9.05. The third-order valence-corrected chi connectivity index (χ3v) is 5.43. The van der Waals surface area contributed by atoms with Gasteiger partial charge in [-0.2, -0.15) is 11.8 Å². The SMILES string of the molecule is CC1(C)C#CC2=C(C=C=CC(=O)C1)CC1CCSC21. The molecule has 2 heteroatoms. The summed E-state index contributed by atoms with van der Waals surface area (Å²) in [5.74, 6) is 8.87. The Labute approximate surface area is 119 Å². The lowest BCUT2D eigenvalue weighted by molar-refractivity contribution is -0.115. The highest BCUT2D eigenvalue weighted by atomic mass is 32.2. The molecule has 0 amide bonds. The van der Waals surface area contributed by atoms with Crippen LogP contribution in [0.4, 0.5) is 0 Å². The van der Waals surface area contributed by atoms with Gasteiger partial charge in [0.1, 0.15) is 0 Å². The Balaban J connectivity index is 2.05. The van der Waals surface area contributed by atoms with E-state index in [1.54, 1.807) is 6.08 Å². The summed E-state index contributed by atoms with van der Waals surface area (Å²) in [5, 5.41) is 0.589. The molecule has 2 unspecified atom stereocenters. The first kappa shape index (κ1) is 12.9. The number of hydrogen-bond acceptors (Lipinski definition) is 2. The van der Waals surface area contributed by atoms with Crippen LogP contribution in [-0.4, -0.2) is 16.8 Å². The molecule has 19 heavy (non-hydrogen) atoms. The van der Waals surface area contributed by atoms with E-state index in [9.17, 15) is 4.79 Å². The van der Waals surface area contributed by atoms with Gasteiger partial charge >= 0.3 is 0 Å². The smallest absolute Gasteiger partial charge is 0.164 e.